The fraction of sp³-hybridized carbons (Fsp3) is 0.182. The molecular weight excluding hydrogens is 556 g/mol. The van der Waals surface area contributed by atoms with E-state index in [-0.39, 0.29) is 6.04 Å². The molecule has 5 aromatic rings. The van der Waals surface area contributed by atoms with Gasteiger partial charge in [-0.1, -0.05) is 92.4 Å². The Morgan fingerprint density at radius 3 is 1.70 bits per heavy atom. The van der Waals surface area contributed by atoms with Crippen LogP contribution in [0.4, 0.5) is 28.4 Å². The molecule has 5 aromatic carbocycles. The standard InChI is InChI=1S/C44H46N2/c1-8-14-38(45(39-19-10-15-32(3)27-39)40-20-11-16-33(4)28-40)24-23-35(6)44-26-25-43(30-36(44)7)46(41-21-12-17-34(5)29-41)42-22-13-18-37(9-2)31-42/h8,10-31,38H,6,9H2,1-5,7H3/b14-8?,24-23-. The Morgan fingerprint density at radius 2 is 1.15 bits per heavy atom. The largest absolute Gasteiger partial charge is 0.331 e. The second-order valence-corrected chi connectivity index (χ2v) is 12.1. The lowest BCUT2D eigenvalue weighted by Gasteiger charge is -2.31. The van der Waals surface area contributed by atoms with Crippen molar-refractivity contribution in [3.8, 4) is 0 Å². The SMILES string of the molecule is C=C(/C=C\C(C=CC)N(c1cccc(C)c1)c1cccc(C)c1)c1ccc(N(c2cccc(C)c2)c2cccc(CC)c2)cc1C. The van der Waals surface area contributed by atoms with Crippen molar-refractivity contribution in [2.45, 2.75) is 54.0 Å². The molecular formula is C44H46N2. The Morgan fingerprint density at radius 1 is 0.630 bits per heavy atom. The van der Waals surface area contributed by atoms with Gasteiger partial charge in [0.25, 0.3) is 0 Å². The van der Waals surface area contributed by atoms with Crippen LogP contribution >= 0.6 is 0 Å². The fourth-order valence-electron chi connectivity index (χ4n) is 6.06. The first-order valence-corrected chi connectivity index (χ1v) is 16.3. The maximum Gasteiger partial charge on any atom is 0.0709 e. The first-order chi connectivity index (χ1) is 22.3. The zero-order valence-corrected chi connectivity index (χ0v) is 28.2. The van der Waals surface area contributed by atoms with Crippen LogP contribution in [-0.2, 0) is 6.42 Å². The third kappa shape index (κ3) is 7.58. The van der Waals surface area contributed by atoms with E-state index in [4.69, 9.17) is 0 Å². The molecule has 2 heteroatoms. The van der Waals surface area contributed by atoms with Gasteiger partial charge < -0.3 is 9.80 Å². The monoisotopic (exact) mass is 602 g/mol. The van der Waals surface area contributed by atoms with Crippen molar-refractivity contribution in [3.05, 3.63) is 180 Å². The lowest BCUT2D eigenvalue weighted by atomic mass is 9.99. The number of allylic oxidation sites excluding steroid dienone is 3. The molecule has 0 aliphatic rings. The molecule has 232 valence electrons. The molecule has 46 heavy (non-hydrogen) atoms. The molecule has 0 saturated heterocycles. The van der Waals surface area contributed by atoms with Crippen molar-refractivity contribution in [2.75, 3.05) is 9.80 Å². The van der Waals surface area contributed by atoms with Gasteiger partial charge in [0.1, 0.15) is 0 Å². The minimum atomic E-state index is 0.00702. The summed E-state index contributed by atoms with van der Waals surface area (Å²) in [6, 6.07) is 41.7. The van der Waals surface area contributed by atoms with Crippen molar-refractivity contribution in [3.63, 3.8) is 0 Å². The third-order valence-electron chi connectivity index (χ3n) is 8.39. The van der Waals surface area contributed by atoms with Crippen LogP contribution in [-0.4, -0.2) is 6.04 Å². The highest BCUT2D eigenvalue weighted by Gasteiger charge is 2.18. The molecule has 2 nitrogen and oxygen atoms in total. The van der Waals surface area contributed by atoms with E-state index < -0.39 is 0 Å². The number of aryl methyl sites for hydroxylation is 5. The molecule has 0 aliphatic heterocycles. The summed E-state index contributed by atoms with van der Waals surface area (Å²) < 4.78 is 0. The van der Waals surface area contributed by atoms with E-state index in [1.807, 2.05) is 0 Å². The van der Waals surface area contributed by atoms with Gasteiger partial charge in [-0.3, -0.25) is 0 Å². The van der Waals surface area contributed by atoms with Crippen molar-refractivity contribution in [1.82, 2.24) is 0 Å². The van der Waals surface area contributed by atoms with Crippen LogP contribution in [0.5, 0.6) is 0 Å². The molecule has 0 N–H and O–H groups in total. The molecule has 0 aliphatic carbocycles. The van der Waals surface area contributed by atoms with E-state index in [2.05, 4.69) is 197 Å². The number of rotatable bonds is 11. The Bertz CT molecular complexity index is 1830. The Balaban J connectivity index is 1.49. The predicted octanol–water partition coefficient (Wildman–Crippen LogP) is 12.3. The highest BCUT2D eigenvalue weighted by molar-refractivity contribution is 5.81. The minimum absolute atomic E-state index is 0.00702. The predicted molar refractivity (Wildman–Crippen MR) is 201 cm³/mol. The molecule has 0 amide bonds. The van der Waals surface area contributed by atoms with Gasteiger partial charge in [0.2, 0.25) is 0 Å². The fourth-order valence-corrected chi connectivity index (χ4v) is 6.06. The highest BCUT2D eigenvalue weighted by Crippen LogP contribution is 2.37. The lowest BCUT2D eigenvalue weighted by molar-refractivity contribution is 0.939. The average Bonchev–Trinajstić information content (AvgIpc) is 3.04. The van der Waals surface area contributed by atoms with Gasteiger partial charge in [0, 0.05) is 28.4 Å². The normalized spacial score (nSPS) is 12.0. The van der Waals surface area contributed by atoms with Crippen LogP contribution in [0.3, 0.4) is 0 Å². The smallest absolute Gasteiger partial charge is 0.0709 e. The number of anilines is 5. The van der Waals surface area contributed by atoms with Crippen molar-refractivity contribution < 1.29 is 0 Å². The van der Waals surface area contributed by atoms with Gasteiger partial charge in [-0.2, -0.15) is 0 Å². The van der Waals surface area contributed by atoms with Crippen molar-refractivity contribution in [1.29, 1.82) is 0 Å². The Hall–Kier alpha value is -5.08. The summed E-state index contributed by atoms with van der Waals surface area (Å²) >= 11 is 0. The van der Waals surface area contributed by atoms with E-state index >= 15 is 0 Å². The third-order valence-corrected chi connectivity index (χ3v) is 8.39. The summed E-state index contributed by atoms with van der Waals surface area (Å²) in [4.78, 5) is 4.75. The number of benzene rings is 5. The Labute approximate surface area is 276 Å². The zero-order valence-electron chi connectivity index (χ0n) is 28.2. The van der Waals surface area contributed by atoms with Crippen LogP contribution in [0.15, 0.2) is 146 Å². The molecule has 1 atom stereocenters. The summed E-state index contributed by atoms with van der Waals surface area (Å²) in [7, 11) is 0. The molecule has 0 radical (unpaired) electrons. The number of hydrogen-bond acceptors (Lipinski definition) is 2. The van der Waals surface area contributed by atoms with Crippen LogP contribution in [0.1, 0.15) is 47.2 Å². The van der Waals surface area contributed by atoms with E-state index in [1.54, 1.807) is 0 Å². The second-order valence-electron chi connectivity index (χ2n) is 12.1. The summed E-state index contributed by atoms with van der Waals surface area (Å²) in [5, 5.41) is 0. The number of nitrogens with zero attached hydrogens (tertiary/aromatic N) is 2. The summed E-state index contributed by atoms with van der Waals surface area (Å²) in [5.41, 5.74) is 14.1. The quantitative estimate of drug-likeness (QED) is 0.110. The maximum absolute atomic E-state index is 4.53. The minimum Gasteiger partial charge on any atom is -0.331 e. The molecule has 0 saturated carbocycles. The molecule has 5 rings (SSSR count). The van der Waals surface area contributed by atoms with Gasteiger partial charge in [-0.25, -0.2) is 0 Å². The second kappa shape index (κ2) is 14.8. The topological polar surface area (TPSA) is 6.48 Å². The van der Waals surface area contributed by atoms with E-state index in [9.17, 15) is 0 Å². The van der Waals surface area contributed by atoms with Gasteiger partial charge in [-0.15, -0.1) is 0 Å². The highest BCUT2D eigenvalue weighted by atomic mass is 15.2. The molecule has 0 aromatic heterocycles. The van der Waals surface area contributed by atoms with E-state index in [0.717, 1.165) is 46.0 Å². The van der Waals surface area contributed by atoms with E-state index in [1.165, 1.54) is 27.8 Å². The van der Waals surface area contributed by atoms with Crippen LogP contribution < -0.4 is 9.80 Å². The first kappa shape index (κ1) is 32.3. The molecule has 0 fully saturated rings. The van der Waals surface area contributed by atoms with Gasteiger partial charge in [0.05, 0.1) is 6.04 Å². The lowest BCUT2D eigenvalue weighted by Crippen LogP contribution is -2.27. The molecule has 0 heterocycles. The van der Waals surface area contributed by atoms with Crippen LogP contribution in [0.2, 0.25) is 0 Å². The zero-order chi connectivity index (χ0) is 32.6. The van der Waals surface area contributed by atoms with Crippen LogP contribution in [0, 0.1) is 27.7 Å². The first-order valence-electron chi connectivity index (χ1n) is 16.3. The Kier molecular flexibility index (Phi) is 10.4. The molecule has 0 bridgehead atoms. The molecule has 1 unspecified atom stereocenters. The average molecular weight is 603 g/mol. The molecule has 0 spiro atoms. The van der Waals surface area contributed by atoms with Crippen molar-refractivity contribution in [2.24, 2.45) is 0 Å². The van der Waals surface area contributed by atoms with Crippen molar-refractivity contribution >= 4 is 34.0 Å². The summed E-state index contributed by atoms with van der Waals surface area (Å²) in [6.45, 7) is 17.4. The van der Waals surface area contributed by atoms with Gasteiger partial charge >= 0.3 is 0 Å². The summed E-state index contributed by atoms with van der Waals surface area (Å²) in [6.07, 6.45) is 9.81. The van der Waals surface area contributed by atoms with Crippen LogP contribution in [0.25, 0.3) is 5.57 Å². The number of hydrogen-bond donors (Lipinski definition) is 0. The van der Waals surface area contributed by atoms with Gasteiger partial charge in [-0.05, 0) is 141 Å². The van der Waals surface area contributed by atoms with Gasteiger partial charge in [0.15, 0.2) is 0 Å². The maximum atomic E-state index is 4.53. The van der Waals surface area contributed by atoms with E-state index in [0.29, 0.717) is 0 Å². The summed E-state index contributed by atoms with van der Waals surface area (Å²) in [5.74, 6) is 0.